The number of aromatic nitrogens is 7. The molecular weight excluding hydrogens is 566 g/mol. The Labute approximate surface area is 228 Å². The standard InChI is InChI=1S/C23H20Cl2F3N7O4/c1-12(39-13(2)36)19-30-18(31-35(19)21-16(25)4-3-9-29-21)11-34-22(38)33(10-17(37)23(26,27)28)20(32-34)14-5-7-15(24)8-6-14/h3-9,12,17,37H,10-11H2,1-2H3/t12?,17-/m0/s1. The van der Waals surface area contributed by atoms with Crippen LogP contribution in [-0.2, 0) is 22.6 Å². The summed E-state index contributed by atoms with van der Waals surface area (Å²) in [7, 11) is 0. The molecule has 0 aliphatic rings. The van der Waals surface area contributed by atoms with Gasteiger partial charge >= 0.3 is 17.8 Å². The minimum atomic E-state index is -4.97. The fraction of sp³-hybridized carbons (Fsp3) is 0.304. The summed E-state index contributed by atoms with van der Waals surface area (Å²) >= 11 is 12.2. The Morgan fingerprint density at radius 1 is 1.15 bits per heavy atom. The molecule has 0 radical (unpaired) electrons. The summed E-state index contributed by atoms with van der Waals surface area (Å²) < 4.78 is 47.4. The second kappa shape index (κ2) is 11.2. The molecule has 16 heteroatoms. The van der Waals surface area contributed by atoms with Gasteiger partial charge in [-0.25, -0.2) is 19.4 Å². The Hall–Kier alpha value is -3.75. The molecule has 4 rings (SSSR count). The first-order valence-corrected chi connectivity index (χ1v) is 12.0. The van der Waals surface area contributed by atoms with E-state index in [1.54, 1.807) is 19.1 Å². The number of hydrogen-bond acceptors (Lipinski definition) is 8. The fourth-order valence-electron chi connectivity index (χ4n) is 3.62. The lowest BCUT2D eigenvalue weighted by Gasteiger charge is -2.15. The van der Waals surface area contributed by atoms with Crippen molar-refractivity contribution < 1.29 is 27.8 Å². The number of halogens is 5. The van der Waals surface area contributed by atoms with E-state index >= 15 is 0 Å². The topological polar surface area (TPSA) is 130 Å². The zero-order valence-electron chi connectivity index (χ0n) is 20.3. The van der Waals surface area contributed by atoms with Gasteiger partial charge in [0.05, 0.1) is 11.6 Å². The van der Waals surface area contributed by atoms with Gasteiger partial charge in [-0.15, -0.1) is 10.2 Å². The third kappa shape index (κ3) is 6.29. The first-order valence-electron chi connectivity index (χ1n) is 11.3. The summed E-state index contributed by atoms with van der Waals surface area (Å²) in [6.45, 7) is 1.28. The largest absolute Gasteiger partial charge is 0.455 e. The first-order chi connectivity index (χ1) is 18.3. The van der Waals surface area contributed by atoms with E-state index in [1.165, 1.54) is 42.1 Å². The highest BCUT2D eigenvalue weighted by molar-refractivity contribution is 6.32. The van der Waals surface area contributed by atoms with E-state index in [0.717, 1.165) is 4.68 Å². The average molecular weight is 586 g/mol. The normalized spacial score (nSPS) is 13.3. The number of benzene rings is 1. The molecule has 3 heterocycles. The quantitative estimate of drug-likeness (QED) is 0.310. The molecule has 0 amide bonds. The molecule has 206 valence electrons. The maximum atomic E-state index is 13.2. The lowest BCUT2D eigenvalue weighted by Crippen LogP contribution is -2.37. The average Bonchev–Trinajstić information content (AvgIpc) is 3.41. The van der Waals surface area contributed by atoms with Crippen LogP contribution in [0.3, 0.4) is 0 Å². The van der Waals surface area contributed by atoms with Gasteiger partial charge in [0.2, 0.25) is 0 Å². The lowest BCUT2D eigenvalue weighted by atomic mass is 10.2. The Bertz CT molecular complexity index is 1550. The SMILES string of the molecule is CC(=O)OC(C)c1nc(Cn2nc(-c3ccc(Cl)cc3)n(C[C@H](O)C(F)(F)F)c2=O)nn1-c1ncccc1Cl. The number of nitrogens with zero attached hydrogens (tertiary/aromatic N) is 7. The molecule has 1 N–H and O–H groups in total. The number of hydrogen-bond donors (Lipinski definition) is 1. The maximum absolute atomic E-state index is 13.2. The molecule has 4 aromatic rings. The molecule has 0 bridgehead atoms. The zero-order valence-corrected chi connectivity index (χ0v) is 21.8. The number of aliphatic hydroxyl groups is 1. The van der Waals surface area contributed by atoms with E-state index in [-0.39, 0.29) is 40.4 Å². The molecule has 0 saturated carbocycles. The molecule has 39 heavy (non-hydrogen) atoms. The molecule has 0 saturated heterocycles. The minimum Gasteiger partial charge on any atom is -0.455 e. The van der Waals surface area contributed by atoms with Crippen LogP contribution in [0.2, 0.25) is 10.0 Å². The van der Waals surface area contributed by atoms with E-state index in [1.807, 2.05) is 0 Å². The second-order valence-corrected chi connectivity index (χ2v) is 9.14. The first kappa shape index (κ1) is 28.3. The Balaban J connectivity index is 1.79. The second-order valence-electron chi connectivity index (χ2n) is 8.30. The van der Waals surface area contributed by atoms with Crippen LogP contribution in [0.1, 0.15) is 31.6 Å². The predicted molar refractivity (Wildman–Crippen MR) is 132 cm³/mol. The summed E-state index contributed by atoms with van der Waals surface area (Å²) in [5.74, 6) is -0.438. The summed E-state index contributed by atoms with van der Waals surface area (Å²) in [6.07, 6.45) is -7.23. The molecule has 0 aliphatic carbocycles. The van der Waals surface area contributed by atoms with Crippen molar-refractivity contribution in [1.82, 2.24) is 34.1 Å². The summed E-state index contributed by atoms with van der Waals surface area (Å²) in [4.78, 5) is 33.3. The molecule has 2 atom stereocenters. The summed E-state index contributed by atoms with van der Waals surface area (Å²) in [6, 6.07) is 9.06. The Morgan fingerprint density at radius 2 is 1.85 bits per heavy atom. The lowest BCUT2D eigenvalue weighted by molar-refractivity contribution is -0.207. The van der Waals surface area contributed by atoms with Gasteiger partial charge in [0.15, 0.2) is 35.5 Å². The molecule has 11 nitrogen and oxygen atoms in total. The number of aliphatic hydroxyl groups excluding tert-OH is 1. The van der Waals surface area contributed by atoms with Crippen LogP contribution >= 0.6 is 23.2 Å². The van der Waals surface area contributed by atoms with Crippen molar-refractivity contribution >= 4 is 29.2 Å². The van der Waals surface area contributed by atoms with Gasteiger partial charge in [-0.3, -0.25) is 9.36 Å². The van der Waals surface area contributed by atoms with Crippen molar-refractivity contribution in [1.29, 1.82) is 0 Å². The van der Waals surface area contributed by atoms with Crippen molar-refractivity contribution in [3.05, 3.63) is 74.8 Å². The number of rotatable bonds is 8. The maximum Gasteiger partial charge on any atom is 0.416 e. The van der Waals surface area contributed by atoms with Crippen molar-refractivity contribution in [2.24, 2.45) is 0 Å². The summed E-state index contributed by atoms with van der Waals surface area (Å²) in [5.41, 5.74) is -0.669. The number of carbonyl (C=O) groups excluding carboxylic acids is 1. The Morgan fingerprint density at radius 3 is 2.46 bits per heavy atom. The number of carbonyl (C=O) groups is 1. The van der Waals surface area contributed by atoms with Crippen molar-refractivity contribution in [3.8, 4) is 17.2 Å². The molecule has 1 unspecified atom stereocenters. The van der Waals surface area contributed by atoms with Crippen LogP contribution < -0.4 is 5.69 Å². The van der Waals surface area contributed by atoms with Crippen LogP contribution in [-0.4, -0.2) is 57.5 Å². The predicted octanol–water partition coefficient (Wildman–Crippen LogP) is 3.59. The minimum absolute atomic E-state index is 0.00324. The highest BCUT2D eigenvalue weighted by Gasteiger charge is 2.39. The van der Waals surface area contributed by atoms with Crippen LogP contribution in [0.25, 0.3) is 17.2 Å². The molecule has 0 fully saturated rings. The van der Waals surface area contributed by atoms with Gasteiger partial charge in [-0.1, -0.05) is 23.2 Å². The van der Waals surface area contributed by atoms with E-state index in [4.69, 9.17) is 27.9 Å². The number of esters is 1. The van der Waals surface area contributed by atoms with Crippen LogP contribution in [0.15, 0.2) is 47.4 Å². The number of ether oxygens (including phenoxy) is 1. The van der Waals surface area contributed by atoms with Gasteiger partial charge in [0.25, 0.3) is 0 Å². The summed E-state index contributed by atoms with van der Waals surface area (Å²) in [5, 5.41) is 18.8. The third-order valence-electron chi connectivity index (χ3n) is 5.37. The molecule has 0 spiro atoms. The van der Waals surface area contributed by atoms with Crippen molar-refractivity contribution in [2.45, 2.75) is 45.3 Å². The Kier molecular flexibility index (Phi) is 8.09. The van der Waals surface area contributed by atoms with Crippen molar-refractivity contribution in [3.63, 3.8) is 0 Å². The number of alkyl halides is 3. The molecular formula is C23H20Cl2F3N7O4. The van der Waals surface area contributed by atoms with Crippen molar-refractivity contribution in [2.75, 3.05) is 0 Å². The van der Waals surface area contributed by atoms with E-state index in [0.29, 0.717) is 9.59 Å². The molecule has 0 aliphatic heterocycles. The van der Waals surface area contributed by atoms with Gasteiger partial charge in [0, 0.05) is 23.7 Å². The smallest absolute Gasteiger partial charge is 0.416 e. The van der Waals surface area contributed by atoms with E-state index < -0.39 is 36.6 Å². The fourth-order valence-corrected chi connectivity index (χ4v) is 3.95. The number of pyridine rings is 1. The van der Waals surface area contributed by atoms with Crippen LogP contribution in [0, 0.1) is 0 Å². The van der Waals surface area contributed by atoms with Crippen LogP contribution in [0.5, 0.6) is 0 Å². The highest BCUT2D eigenvalue weighted by atomic mass is 35.5. The van der Waals surface area contributed by atoms with E-state index in [9.17, 15) is 27.9 Å². The third-order valence-corrected chi connectivity index (χ3v) is 5.92. The van der Waals surface area contributed by atoms with E-state index in [2.05, 4.69) is 20.2 Å². The van der Waals surface area contributed by atoms with Gasteiger partial charge in [0.1, 0.15) is 6.54 Å². The van der Waals surface area contributed by atoms with Gasteiger partial charge < -0.3 is 9.84 Å². The zero-order chi connectivity index (χ0) is 28.5. The van der Waals surface area contributed by atoms with Gasteiger partial charge in [-0.2, -0.15) is 17.9 Å². The monoisotopic (exact) mass is 585 g/mol. The van der Waals surface area contributed by atoms with Crippen LogP contribution in [0.4, 0.5) is 13.2 Å². The highest BCUT2D eigenvalue weighted by Crippen LogP contribution is 2.25. The molecule has 3 aromatic heterocycles. The molecule has 1 aromatic carbocycles. The van der Waals surface area contributed by atoms with Gasteiger partial charge in [-0.05, 0) is 43.3 Å².